The molecule has 0 radical (unpaired) electrons. The van der Waals surface area contributed by atoms with Gasteiger partial charge in [-0.2, -0.15) is 0 Å². The number of aliphatic hydroxyl groups is 1. The molecule has 0 saturated carbocycles. The third kappa shape index (κ3) is 2.58. The van der Waals surface area contributed by atoms with Crippen LogP contribution in [-0.4, -0.2) is 48.0 Å². The maximum Gasteiger partial charge on any atom is 0.0964 e. The molecule has 0 aliphatic carbocycles. The predicted octanol–water partition coefficient (Wildman–Crippen LogP) is 1.45. The van der Waals surface area contributed by atoms with Gasteiger partial charge in [0.05, 0.1) is 18.8 Å². The van der Waals surface area contributed by atoms with Gasteiger partial charge in [-0.1, -0.05) is 30.3 Å². The lowest BCUT2D eigenvalue weighted by molar-refractivity contribution is -0.101. The Morgan fingerprint density at radius 3 is 3.00 bits per heavy atom. The van der Waals surface area contributed by atoms with Gasteiger partial charge in [0.25, 0.3) is 0 Å². The number of fused-ring (bicyclic) bond motifs is 1. The van der Waals surface area contributed by atoms with Crippen molar-refractivity contribution in [1.82, 2.24) is 4.90 Å². The van der Waals surface area contributed by atoms with Gasteiger partial charge in [-0.3, -0.25) is 4.90 Å². The summed E-state index contributed by atoms with van der Waals surface area (Å²) in [4.78, 5) is 2.47. The summed E-state index contributed by atoms with van der Waals surface area (Å²) >= 11 is 0. The number of ether oxygens (including phenoxy) is 1. The molecule has 1 N–H and O–H groups in total. The van der Waals surface area contributed by atoms with E-state index in [1.165, 1.54) is 24.9 Å². The third-order valence-corrected chi connectivity index (χ3v) is 4.13. The van der Waals surface area contributed by atoms with Crippen LogP contribution in [0.25, 0.3) is 0 Å². The quantitative estimate of drug-likeness (QED) is 0.877. The summed E-state index contributed by atoms with van der Waals surface area (Å²) < 4.78 is 5.83. The van der Waals surface area contributed by atoms with Crippen molar-refractivity contribution in [1.29, 1.82) is 0 Å². The number of aliphatic hydroxyl groups excluding tert-OH is 1. The number of nitrogens with zero attached hydrogens (tertiary/aromatic N) is 1. The second-order valence-electron chi connectivity index (χ2n) is 5.42. The van der Waals surface area contributed by atoms with Crippen LogP contribution in [-0.2, 0) is 11.2 Å². The Bertz CT molecular complexity index is 381. The van der Waals surface area contributed by atoms with Gasteiger partial charge < -0.3 is 9.84 Å². The highest BCUT2D eigenvalue weighted by Gasteiger charge is 2.35. The molecule has 0 aromatic heterocycles. The molecule has 0 bridgehead atoms. The lowest BCUT2D eigenvalue weighted by atomic mass is 10.0. The molecule has 2 aliphatic heterocycles. The number of rotatable bonds is 3. The molecule has 3 unspecified atom stereocenters. The SMILES string of the molecule is OC(Cc1ccccc1)C1CN2CCCC2CO1. The van der Waals surface area contributed by atoms with Gasteiger partial charge in [0, 0.05) is 19.0 Å². The highest BCUT2D eigenvalue weighted by Crippen LogP contribution is 2.24. The van der Waals surface area contributed by atoms with Gasteiger partial charge in [0.15, 0.2) is 0 Å². The highest BCUT2D eigenvalue weighted by atomic mass is 16.5. The van der Waals surface area contributed by atoms with Crippen LogP contribution in [0.2, 0.25) is 0 Å². The molecule has 1 aromatic carbocycles. The third-order valence-electron chi connectivity index (χ3n) is 4.13. The Morgan fingerprint density at radius 2 is 2.17 bits per heavy atom. The Morgan fingerprint density at radius 1 is 1.33 bits per heavy atom. The molecule has 1 aromatic rings. The summed E-state index contributed by atoms with van der Waals surface area (Å²) in [7, 11) is 0. The first-order valence-corrected chi connectivity index (χ1v) is 6.90. The second kappa shape index (κ2) is 5.39. The van der Waals surface area contributed by atoms with Crippen molar-refractivity contribution in [2.75, 3.05) is 19.7 Å². The van der Waals surface area contributed by atoms with Crippen molar-refractivity contribution >= 4 is 0 Å². The zero-order chi connectivity index (χ0) is 12.4. The molecule has 3 rings (SSSR count). The normalized spacial score (nSPS) is 30.1. The molecule has 2 saturated heterocycles. The van der Waals surface area contributed by atoms with Crippen molar-refractivity contribution in [3.8, 4) is 0 Å². The Hall–Kier alpha value is -0.900. The van der Waals surface area contributed by atoms with Crippen LogP contribution in [0.4, 0.5) is 0 Å². The van der Waals surface area contributed by atoms with E-state index in [2.05, 4.69) is 17.0 Å². The van der Waals surface area contributed by atoms with Crippen LogP contribution in [0.5, 0.6) is 0 Å². The van der Waals surface area contributed by atoms with Crippen LogP contribution >= 0.6 is 0 Å². The monoisotopic (exact) mass is 247 g/mol. The van der Waals surface area contributed by atoms with Crippen molar-refractivity contribution in [2.45, 2.75) is 37.5 Å². The molecule has 2 heterocycles. The topological polar surface area (TPSA) is 32.7 Å². The molecular formula is C15H21NO2. The molecular weight excluding hydrogens is 226 g/mol. The standard InChI is InChI=1S/C15H21NO2/c17-14(9-12-5-2-1-3-6-12)15-10-16-8-4-7-13(16)11-18-15/h1-3,5-6,13-15,17H,4,7-11H2. The molecule has 98 valence electrons. The van der Waals surface area contributed by atoms with E-state index >= 15 is 0 Å². The van der Waals surface area contributed by atoms with Crippen molar-refractivity contribution < 1.29 is 9.84 Å². The van der Waals surface area contributed by atoms with Crippen LogP contribution in [0.15, 0.2) is 30.3 Å². The minimum atomic E-state index is -0.394. The zero-order valence-corrected chi connectivity index (χ0v) is 10.7. The van der Waals surface area contributed by atoms with E-state index in [0.717, 1.165) is 13.2 Å². The fraction of sp³-hybridized carbons (Fsp3) is 0.600. The molecule has 3 nitrogen and oxygen atoms in total. The van der Waals surface area contributed by atoms with Crippen molar-refractivity contribution in [3.63, 3.8) is 0 Å². The van der Waals surface area contributed by atoms with Gasteiger partial charge in [-0.15, -0.1) is 0 Å². The van der Waals surface area contributed by atoms with Crippen molar-refractivity contribution in [3.05, 3.63) is 35.9 Å². The summed E-state index contributed by atoms with van der Waals surface area (Å²) in [5, 5.41) is 10.3. The lowest BCUT2D eigenvalue weighted by Gasteiger charge is -2.37. The maximum absolute atomic E-state index is 10.3. The van der Waals surface area contributed by atoms with Gasteiger partial charge in [0.1, 0.15) is 0 Å². The molecule has 0 spiro atoms. The summed E-state index contributed by atoms with van der Waals surface area (Å²) in [6.45, 7) is 2.85. The van der Waals surface area contributed by atoms with E-state index < -0.39 is 6.10 Å². The van der Waals surface area contributed by atoms with E-state index in [9.17, 15) is 5.11 Å². The van der Waals surface area contributed by atoms with Gasteiger partial charge in [-0.25, -0.2) is 0 Å². The molecule has 3 atom stereocenters. The first kappa shape index (κ1) is 12.2. The first-order chi connectivity index (χ1) is 8.83. The number of benzene rings is 1. The summed E-state index contributed by atoms with van der Waals surface area (Å²) in [5.74, 6) is 0. The van der Waals surface area contributed by atoms with E-state index in [4.69, 9.17) is 4.74 Å². The first-order valence-electron chi connectivity index (χ1n) is 6.90. The van der Waals surface area contributed by atoms with E-state index in [0.29, 0.717) is 12.5 Å². The van der Waals surface area contributed by atoms with Crippen LogP contribution in [0, 0.1) is 0 Å². The van der Waals surface area contributed by atoms with E-state index in [-0.39, 0.29) is 6.10 Å². The Kier molecular flexibility index (Phi) is 3.64. The van der Waals surface area contributed by atoms with Gasteiger partial charge in [-0.05, 0) is 24.9 Å². The number of hydrogen-bond donors (Lipinski definition) is 1. The smallest absolute Gasteiger partial charge is 0.0964 e. The zero-order valence-electron chi connectivity index (χ0n) is 10.7. The number of morpholine rings is 1. The van der Waals surface area contributed by atoms with E-state index in [1.54, 1.807) is 0 Å². The highest BCUT2D eigenvalue weighted by molar-refractivity contribution is 5.15. The summed E-state index contributed by atoms with van der Waals surface area (Å²) in [6, 6.07) is 10.8. The average molecular weight is 247 g/mol. The summed E-state index contributed by atoms with van der Waals surface area (Å²) in [6.07, 6.45) is 2.79. The average Bonchev–Trinajstić information content (AvgIpc) is 2.87. The minimum Gasteiger partial charge on any atom is -0.390 e. The Balaban J connectivity index is 1.58. The molecule has 2 fully saturated rings. The van der Waals surface area contributed by atoms with Crippen LogP contribution in [0.3, 0.4) is 0 Å². The molecule has 2 aliphatic rings. The van der Waals surface area contributed by atoms with Crippen LogP contribution < -0.4 is 0 Å². The van der Waals surface area contributed by atoms with Crippen molar-refractivity contribution in [2.24, 2.45) is 0 Å². The Labute approximate surface area is 108 Å². The fourth-order valence-corrected chi connectivity index (χ4v) is 3.06. The molecule has 0 amide bonds. The second-order valence-corrected chi connectivity index (χ2v) is 5.42. The minimum absolute atomic E-state index is 0.0282. The maximum atomic E-state index is 10.3. The van der Waals surface area contributed by atoms with Crippen LogP contribution in [0.1, 0.15) is 18.4 Å². The van der Waals surface area contributed by atoms with Gasteiger partial charge in [0.2, 0.25) is 0 Å². The predicted molar refractivity (Wildman–Crippen MR) is 70.5 cm³/mol. The number of hydrogen-bond acceptors (Lipinski definition) is 3. The molecule has 18 heavy (non-hydrogen) atoms. The van der Waals surface area contributed by atoms with Gasteiger partial charge >= 0.3 is 0 Å². The fourth-order valence-electron chi connectivity index (χ4n) is 3.06. The largest absolute Gasteiger partial charge is 0.390 e. The van der Waals surface area contributed by atoms with E-state index in [1.807, 2.05) is 18.2 Å². The lowest BCUT2D eigenvalue weighted by Crippen LogP contribution is -2.50. The molecule has 3 heteroatoms. The summed E-state index contributed by atoms with van der Waals surface area (Å²) in [5.41, 5.74) is 1.18.